The van der Waals surface area contributed by atoms with E-state index < -0.39 is 14.7 Å². The first-order valence-corrected chi connectivity index (χ1v) is 8.89. The van der Waals surface area contributed by atoms with E-state index in [0.29, 0.717) is 5.92 Å². The zero-order valence-electron chi connectivity index (χ0n) is 5.12. The molecule has 0 aromatic heterocycles. The molecule has 0 bridgehead atoms. The van der Waals surface area contributed by atoms with E-state index in [0.717, 1.165) is 4.73 Å². The normalized spacial score (nSPS) is 12.8. The second-order valence-corrected chi connectivity index (χ2v) is 11.7. The Kier molecular flexibility index (Phi) is 3.97. The van der Waals surface area contributed by atoms with Crippen molar-refractivity contribution in [1.82, 2.24) is 0 Å². The van der Waals surface area contributed by atoms with E-state index in [1.165, 1.54) is 0 Å². The van der Waals surface area contributed by atoms with Gasteiger partial charge >= 0.3 is 62.0 Å². The first kappa shape index (κ1) is 9.25. The molecule has 0 rings (SSSR count). The zero-order chi connectivity index (χ0) is 6.78. The molecular formula is C4H11Cl2NTi. The third kappa shape index (κ3) is 7.25. The summed E-state index contributed by atoms with van der Waals surface area (Å²) in [4.78, 5) is 0. The summed E-state index contributed by atoms with van der Waals surface area (Å²) in [5, 5.41) is 0. The minimum atomic E-state index is -2.71. The van der Waals surface area contributed by atoms with Gasteiger partial charge in [0.25, 0.3) is 0 Å². The molecule has 0 heterocycles. The average molecular weight is 192 g/mol. The Labute approximate surface area is 62.0 Å². The second kappa shape index (κ2) is 3.43. The predicted octanol–water partition coefficient (Wildman–Crippen LogP) is 2.40. The standard InChI is InChI=1S/C4H9.2ClH.H2N.Ti/c1-4(2)3;;;;/h4H,1H2,2-3H3;2*1H;1H2;/q;;;-1;+3/p-2. The Bertz CT molecular complexity index is 68.9. The maximum atomic E-state index is 5.66. The van der Waals surface area contributed by atoms with Crippen molar-refractivity contribution >= 4 is 18.6 Å². The summed E-state index contributed by atoms with van der Waals surface area (Å²) in [5.74, 6) is 0.537. The van der Waals surface area contributed by atoms with Crippen molar-refractivity contribution in [2.24, 2.45) is 10.1 Å². The van der Waals surface area contributed by atoms with Gasteiger partial charge in [-0.1, -0.05) is 0 Å². The molecule has 0 unspecified atom stereocenters. The van der Waals surface area contributed by atoms with Crippen LogP contribution < -0.4 is 4.22 Å². The van der Waals surface area contributed by atoms with Crippen LogP contribution in [0.1, 0.15) is 13.8 Å². The van der Waals surface area contributed by atoms with Gasteiger partial charge < -0.3 is 0 Å². The van der Waals surface area contributed by atoms with Gasteiger partial charge in [0, 0.05) is 0 Å². The summed E-state index contributed by atoms with van der Waals surface area (Å²) in [6.07, 6.45) is 0. The van der Waals surface area contributed by atoms with Crippen LogP contribution in [0.3, 0.4) is 0 Å². The molecule has 0 aromatic carbocycles. The van der Waals surface area contributed by atoms with Crippen molar-refractivity contribution in [3.8, 4) is 0 Å². The molecule has 0 saturated carbocycles. The van der Waals surface area contributed by atoms with Gasteiger partial charge in [-0.2, -0.15) is 0 Å². The Morgan fingerprint density at radius 2 is 1.88 bits per heavy atom. The first-order chi connectivity index (χ1) is 3.42. The molecule has 0 aromatic rings. The van der Waals surface area contributed by atoms with Crippen LogP contribution in [-0.4, -0.2) is 0 Å². The molecule has 1 nitrogen and oxygen atoms in total. The second-order valence-electron chi connectivity index (χ2n) is 2.36. The maximum absolute atomic E-state index is 5.66. The van der Waals surface area contributed by atoms with E-state index in [1.54, 1.807) is 0 Å². The van der Waals surface area contributed by atoms with Gasteiger partial charge in [0.1, 0.15) is 0 Å². The first-order valence-electron chi connectivity index (χ1n) is 2.58. The molecule has 0 aliphatic rings. The quantitative estimate of drug-likeness (QED) is 0.667. The summed E-state index contributed by atoms with van der Waals surface area (Å²) < 4.78 is 6.28. The monoisotopic (exact) mass is 191 g/mol. The van der Waals surface area contributed by atoms with Crippen molar-refractivity contribution in [2.45, 2.75) is 18.6 Å². The van der Waals surface area contributed by atoms with Gasteiger partial charge in [0.2, 0.25) is 0 Å². The molecule has 0 amide bonds. The van der Waals surface area contributed by atoms with E-state index in [1.807, 2.05) is 0 Å². The van der Waals surface area contributed by atoms with Gasteiger partial charge in [-0.15, -0.1) is 0 Å². The summed E-state index contributed by atoms with van der Waals surface area (Å²) >= 11 is -2.71. The van der Waals surface area contributed by atoms with Crippen molar-refractivity contribution < 1.29 is 14.7 Å². The molecule has 0 saturated heterocycles. The molecule has 0 spiro atoms. The van der Waals surface area contributed by atoms with Crippen LogP contribution in [0.4, 0.5) is 0 Å². The van der Waals surface area contributed by atoms with E-state index in [-0.39, 0.29) is 0 Å². The molecule has 2 N–H and O–H groups in total. The van der Waals surface area contributed by atoms with Gasteiger partial charge in [-0.3, -0.25) is 0 Å². The van der Waals surface area contributed by atoms with Crippen LogP contribution in [0.15, 0.2) is 0 Å². The fourth-order valence-electron chi connectivity index (χ4n) is 0.544. The van der Waals surface area contributed by atoms with Gasteiger partial charge in [-0.25, -0.2) is 0 Å². The number of halogens is 2. The van der Waals surface area contributed by atoms with Crippen molar-refractivity contribution in [2.75, 3.05) is 0 Å². The van der Waals surface area contributed by atoms with Crippen molar-refractivity contribution in [3.05, 3.63) is 0 Å². The summed E-state index contributed by atoms with van der Waals surface area (Å²) in [6.45, 7) is 4.13. The van der Waals surface area contributed by atoms with Crippen LogP contribution in [0, 0.1) is 5.92 Å². The van der Waals surface area contributed by atoms with Crippen LogP contribution >= 0.6 is 18.6 Å². The Balaban J connectivity index is 3.39. The fourth-order valence-corrected chi connectivity index (χ4v) is 4.79. The predicted molar refractivity (Wildman–Crippen MR) is 35.5 cm³/mol. The van der Waals surface area contributed by atoms with E-state index >= 15 is 0 Å². The Hall–Kier alpha value is 1.25. The molecule has 4 heteroatoms. The Morgan fingerprint density at radius 3 is 1.88 bits per heavy atom. The topological polar surface area (TPSA) is 26.0 Å². The fraction of sp³-hybridized carbons (Fsp3) is 1.00. The minimum absolute atomic E-state index is 0.537. The molecular weight excluding hydrogens is 181 g/mol. The third-order valence-electron chi connectivity index (χ3n) is 0.680. The molecule has 0 aliphatic carbocycles. The third-order valence-corrected chi connectivity index (χ3v) is 4.08. The van der Waals surface area contributed by atoms with Crippen molar-refractivity contribution in [1.29, 1.82) is 0 Å². The van der Waals surface area contributed by atoms with E-state index in [2.05, 4.69) is 13.8 Å². The number of hydrogen-bond acceptors (Lipinski definition) is 1. The van der Waals surface area contributed by atoms with Gasteiger partial charge in [0.15, 0.2) is 0 Å². The van der Waals surface area contributed by atoms with Crippen LogP contribution in [0.5, 0.6) is 0 Å². The number of hydrogen-bond donors (Lipinski definition) is 1. The van der Waals surface area contributed by atoms with Gasteiger partial charge in [0.05, 0.1) is 0 Å². The molecule has 0 radical (unpaired) electrons. The number of nitrogens with two attached hydrogens (primary N) is 1. The molecule has 0 aliphatic heterocycles. The van der Waals surface area contributed by atoms with E-state index in [9.17, 15) is 0 Å². The molecule has 0 fully saturated rings. The van der Waals surface area contributed by atoms with Crippen molar-refractivity contribution in [3.63, 3.8) is 0 Å². The van der Waals surface area contributed by atoms with Crippen LogP contribution in [0.2, 0.25) is 4.73 Å². The average Bonchev–Trinajstić information content (AvgIpc) is 1.21. The molecule has 0 atom stereocenters. The van der Waals surface area contributed by atoms with Crippen LogP contribution in [0.25, 0.3) is 0 Å². The molecule has 8 heavy (non-hydrogen) atoms. The number of rotatable bonds is 2. The van der Waals surface area contributed by atoms with E-state index in [4.69, 9.17) is 22.8 Å². The van der Waals surface area contributed by atoms with Gasteiger partial charge in [-0.05, 0) is 0 Å². The zero-order valence-corrected chi connectivity index (χ0v) is 8.19. The summed E-state index contributed by atoms with van der Waals surface area (Å²) in [5.41, 5.74) is 0. The van der Waals surface area contributed by atoms with Crippen LogP contribution in [-0.2, 0) is 14.7 Å². The SMILES string of the molecule is CC(C)[CH2][Ti]([NH2])([Cl])[Cl]. The summed E-state index contributed by atoms with van der Waals surface area (Å²) in [6, 6.07) is 0. The summed E-state index contributed by atoms with van der Waals surface area (Å²) in [7, 11) is 11.3. The molecule has 50 valence electrons. The Morgan fingerprint density at radius 1 is 1.50 bits per heavy atom.